The summed E-state index contributed by atoms with van der Waals surface area (Å²) in [5, 5.41) is 3.35. The second kappa shape index (κ2) is 4.04. The van der Waals surface area contributed by atoms with Gasteiger partial charge >= 0.3 is 0 Å². The summed E-state index contributed by atoms with van der Waals surface area (Å²) in [6.45, 7) is 5.13. The highest BCUT2D eigenvalue weighted by molar-refractivity contribution is 5.88. The molecule has 12 heavy (non-hydrogen) atoms. The Labute approximate surface area is 74.7 Å². The monoisotopic (exact) mass is 169 g/mol. The van der Waals surface area contributed by atoms with Crippen LogP contribution in [-0.2, 0) is 4.79 Å². The van der Waals surface area contributed by atoms with Gasteiger partial charge in [0.15, 0.2) is 5.78 Å². The lowest BCUT2D eigenvalue weighted by atomic mass is 9.82. The number of hydrogen-bond acceptors (Lipinski definition) is 2. The van der Waals surface area contributed by atoms with Crippen LogP contribution in [-0.4, -0.2) is 17.9 Å². The molecule has 0 spiro atoms. The van der Waals surface area contributed by atoms with E-state index in [-0.39, 0.29) is 5.54 Å². The van der Waals surface area contributed by atoms with Crippen molar-refractivity contribution < 1.29 is 4.79 Å². The Hall–Kier alpha value is -0.370. The molecule has 1 N–H and O–H groups in total. The fourth-order valence-electron chi connectivity index (χ4n) is 1.77. The van der Waals surface area contributed by atoms with Crippen LogP contribution in [0.15, 0.2) is 0 Å². The Bertz CT molecular complexity index is 167. The van der Waals surface area contributed by atoms with Gasteiger partial charge < -0.3 is 5.32 Å². The van der Waals surface area contributed by atoms with Crippen LogP contribution in [0, 0.1) is 0 Å². The minimum absolute atomic E-state index is 0.200. The Morgan fingerprint density at radius 3 is 2.83 bits per heavy atom. The zero-order valence-corrected chi connectivity index (χ0v) is 8.15. The molecule has 0 bridgehead atoms. The highest BCUT2D eigenvalue weighted by atomic mass is 16.1. The van der Waals surface area contributed by atoms with E-state index >= 15 is 0 Å². The first-order valence-electron chi connectivity index (χ1n) is 4.97. The molecule has 0 radical (unpaired) electrons. The largest absolute Gasteiger partial charge is 0.305 e. The lowest BCUT2D eigenvalue weighted by molar-refractivity contribution is -0.126. The molecule has 0 heterocycles. The summed E-state index contributed by atoms with van der Waals surface area (Å²) in [4.78, 5) is 11.6. The molecule has 2 heteroatoms. The maximum absolute atomic E-state index is 11.6. The normalized spacial score (nSPS) is 30.7. The predicted octanol–water partition coefficient (Wildman–Crippen LogP) is 1.89. The molecule has 1 atom stereocenters. The van der Waals surface area contributed by atoms with Gasteiger partial charge in [-0.1, -0.05) is 13.3 Å². The summed E-state index contributed by atoms with van der Waals surface area (Å²) in [6, 6.07) is 0. The van der Waals surface area contributed by atoms with Crippen LogP contribution < -0.4 is 5.32 Å². The van der Waals surface area contributed by atoms with Crippen LogP contribution in [0.1, 0.15) is 46.0 Å². The first-order chi connectivity index (χ1) is 5.69. The van der Waals surface area contributed by atoms with Crippen molar-refractivity contribution in [1.29, 1.82) is 0 Å². The van der Waals surface area contributed by atoms with E-state index in [9.17, 15) is 4.79 Å². The maximum atomic E-state index is 11.6. The van der Waals surface area contributed by atoms with Gasteiger partial charge in [0.2, 0.25) is 0 Å². The van der Waals surface area contributed by atoms with E-state index in [1.165, 1.54) is 6.42 Å². The van der Waals surface area contributed by atoms with E-state index in [0.717, 1.165) is 32.2 Å². The smallest absolute Gasteiger partial charge is 0.152 e. The van der Waals surface area contributed by atoms with Crippen LogP contribution in [0.3, 0.4) is 0 Å². The van der Waals surface area contributed by atoms with Crippen LogP contribution in [0.4, 0.5) is 0 Å². The van der Waals surface area contributed by atoms with Gasteiger partial charge in [-0.15, -0.1) is 0 Å². The molecule has 1 rings (SSSR count). The number of hydrogen-bond donors (Lipinski definition) is 1. The van der Waals surface area contributed by atoms with Crippen molar-refractivity contribution in [3.05, 3.63) is 0 Å². The van der Waals surface area contributed by atoms with Crippen LogP contribution in [0.5, 0.6) is 0 Å². The molecule has 2 nitrogen and oxygen atoms in total. The SMILES string of the molecule is CCCN[C@@]1(C)CCCCC1=O. The van der Waals surface area contributed by atoms with Gasteiger partial charge in [-0.05, 0) is 32.7 Å². The van der Waals surface area contributed by atoms with Gasteiger partial charge in [0.25, 0.3) is 0 Å². The quantitative estimate of drug-likeness (QED) is 0.699. The Balaban J connectivity index is 2.48. The van der Waals surface area contributed by atoms with E-state index < -0.39 is 0 Å². The van der Waals surface area contributed by atoms with Gasteiger partial charge in [-0.3, -0.25) is 4.79 Å². The minimum Gasteiger partial charge on any atom is -0.305 e. The van der Waals surface area contributed by atoms with E-state index in [2.05, 4.69) is 12.2 Å². The molecular formula is C10H19NO. The molecule has 0 aromatic rings. The Morgan fingerprint density at radius 1 is 1.50 bits per heavy atom. The number of nitrogens with one attached hydrogen (secondary N) is 1. The molecule has 1 aliphatic rings. The first-order valence-corrected chi connectivity index (χ1v) is 4.97. The second-order valence-corrected chi connectivity index (χ2v) is 3.89. The third-order valence-corrected chi connectivity index (χ3v) is 2.71. The average molecular weight is 169 g/mol. The molecule has 0 aromatic heterocycles. The van der Waals surface area contributed by atoms with E-state index in [1.54, 1.807) is 0 Å². The standard InChI is InChI=1S/C10H19NO/c1-3-8-11-10(2)7-5-4-6-9(10)12/h11H,3-8H2,1-2H3/t10-/m0/s1. The lowest BCUT2D eigenvalue weighted by Crippen LogP contribution is -2.51. The average Bonchev–Trinajstić information content (AvgIpc) is 2.07. The van der Waals surface area contributed by atoms with Crippen molar-refractivity contribution in [1.82, 2.24) is 5.32 Å². The molecular weight excluding hydrogens is 150 g/mol. The Kier molecular flexibility index (Phi) is 3.27. The highest BCUT2D eigenvalue weighted by Gasteiger charge is 2.33. The molecule has 0 aliphatic heterocycles. The van der Waals surface area contributed by atoms with E-state index in [0.29, 0.717) is 5.78 Å². The topological polar surface area (TPSA) is 29.1 Å². The number of Topliss-reactive ketones (excluding diaryl/α,β-unsaturated/α-hetero) is 1. The second-order valence-electron chi connectivity index (χ2n) is 3.89. The van der Waals surface area contributed by atoms with Crippen molar-refractivity contribution in [2.24, 2.45) is 0 Å². The lowest BCUT2D eigenvalue weighted by Gasteiger charge is -2.33. The summed E-state index contributed by atoms with van der Waals surface area (Å²) >= 11 is 0. The summed E-state index contributed by atoms with van der Waals surface area (Å²) in [5.74, 6) is 0.405. The van der Waals surface area contributed by atoms with Gasteiger partial charge in [0, 0.05) is 6.42 Å². The van der Waals surface area contributed by atoms with Crippen LogP contribution in [0.25, 0.3) is 0 Å². The molecule has 1 saturated carbocycles. The van der Waals surface area contributed by atoms with Gasteiger partial charge in [-0.2, -0.15) is 0 Å². The highest BCUT2D eigenvalue weighted by Crippen LogP contribution is 2.24. The van der Waals surface area contributed by atoms with Crippen molar-refractivity contribution in [2.75, 3.05) is 6.54 Å². The third-order valence-electron chi connectivity index (χ3n) is 2.71. The van der Waals surface area contributed by atoms with Gasteiger partial charge in [-0.25, -0.2) is 0 Å². The van der Waals surface area contributed by atoms with Crippen LogP contribution >= 0.6 is 0 Å². The first kappa shape index (κ1) is 9.72. The van der Waals surface area contributed by atoms with Crippen LogP contribution in [0.2, 0.25) is 0 Å². The zero-order valence-electron chi connectivity index (χ0n) is 8.15. The number of ketones is 1. The number of carbonyl (C=O) groups is 1. The molecule has 1 aliphatic carbocycles. The number of rotatable bonds is 3. The fraction of sp³-hybridized carbons (Fsp3) is 0.900. The summed E-state index contributed by atoms with van der Waals surface area (Å²) < 4.78 is 0. The number of carbonyl (C=O) groups excluding carboxylic acids is 1. The van der Waals surface area contributed by atoms with E-state index in [1.807, 2.05) is 6.92 Å². The third kappa shape index (κ3) is 2.07. The van der Waals surface area contributed by atoms with Gasteiger partial charge in [0.1, 0.15) is 0 Å². The summed E-state index contributed by atoms with van der Waals surface area (Å²) in [6.07, 6.45) is 5.17. The predicted molar refractivity (Wildman–Crippen MR) is 50.2 cm³/mol. The molecule has 0 amide bonds. The molecule has 70 valence electrons. The fourth-order valence-corrected chi connectivity index (χ4v) is 1.77. The summed E-state index contributed by atoms with van der Waals surface area (Å²) in [7, 11) is 0. The minimum atomic E-state index is -0.200. The summed E-state index contributed by atoms with van der Waals surface area (Å²) in [5.41, 5.74) is -0.200. The Morgan fingerprint density at radius 2 is 2.25 bits per heavy atom. The maximum Gasteiger partial charge on any atom is 0.152 e. The van der Waals surface area contributed by atoms with Crippen molar-refractivity contribution in [3.8, 4) is 0 Å². The molecule has 0 aromatic carbocycles. The van der Waals surface area contributed by atoms with Gasteiger partial charge in [0.05, 0.1) is 5.54 Å². The van der Waals surface area contributed by atoms with Crippen molar-refractivity contribution in [3.63, 3.8) is 0 Å². The van der Waals surface area contributed by atoms with Crippen molar-refractivity contribution >= 4 is 5.78 Å². The molecule has 0 unspecified atom stereocenters. The van der Waals surface area contributed by atoms with E-state index in [4.69, 9.17) is 0 Å². The molecule has 1 fully saturated rings. The zero-order chi connectivity index (χ0) is 9.03. The molecule has 0 saturated heterocycles. The van der Waals surface area contributed by atoms with Crippen molar-refractivity contribution in [2.45, 2.75) is 51.5 Å².